The first-order chi connectivity index (χ1) is 7.83. The van der Waals surface area contributed by atoms with E-state index in [9.17, 15) is 0 Å². The van der Waals surface area contributed by atoms with Crippen molar-refractivity contribution in [3.05, 3.63) is 0 Å². The third-order valence-electron chi connectivity index (χ3n) is 3.61. The normalized spacial score (nSPS) is 20.6. The molecule has 0 saturated carbocycles. The van der Waals surface area contributed by atoms with Gasteiger partial charge in [-0.05, 0) is 58.8 Å². The molecule has 2 heteroatoms. The van der Waals surface area contributed by atoms with Gasteiger partial charge in [-0.3, -0.25) is 0 Å². The quantitative estimate of drug-likeness (QED) is 0.671. The Hall–Kier alpha value is -0.0800. The predicted octanol–water partition coefficient (Wildman–Crippen LogP) is 3.03. The van der Waals surface area contributed by atoms with Gasteiger partial charge in [-0.25, -0.2) is 0 Å². The lowest BCUT2D eigenvalue weighted by atomic mass is 10.1. The molecule has 2 nitrogen and oxygen atoms in total. The van der Waals surface area contributed by atoms with Crippen LogP contribution in [-0.4, -0.2) is 37.1 Å². The molecule has 1 saturated heterocycles. The Labute approximate surface area is 102 Å². The summed E-state index contributed by atoms with van der Waals surface area (Å²) in [7, 11) is 0. The summed E-state index contributed by atoms with van der Waals surface area (Å²) in [6.45, 7) is 9.63. The monoisotopic (exact) mass is 226 g/mol. The smallest absolute Gasteiger partial charge is 0.00386 e. The Bertz CT molecular complexity index is 151. The highest BCUT2D eigenvalue weighted by Gasteiger charge is 2.08. The fourth-order valence-electron chi connectivity index (χ4n) is 2.60. The molecule has 1 aliphatic rings. The number of unbranched alkanes of at least 4 members (excludes halogenated alkanes) is 1. The summed E-state index contributed by atoms with van der Waals surface area (Å²) < 4.78 is 0. The van der Waals surface area contributed by atoms with Crippen molar-refractivity contribution in [3.63, 3.8) is 0 Å². The second kappa shape index (κ2) is 9.00. The Morgan fingerprint density at radius 1 is 1.06 bits per heavy atom. The van der Waals surface area contributed by atoms with Gasteiger partial charge in [0, 0.05) is 6.04 Å². The van der Waals surface area contributed by atoms with Gasteiger partial charge >= 0.3 is 0 Å². The van der Waals surface area contributed by atoms with Gasteiger partial charge in [0.05, 0.1) is 0 Å². The maximum absolute atomic E-state index is 3.48. The lowest BCUT2D eigenvalue weighted by molar-refractivity contribution is 0.276. The van der Waals surface area contributed by atoms with Crippen LogP contribution in [-0.2, 0) is 0 Å². The van der Waals surface area contributed by atoms with E-state index in [1.165, 1.54) is 64.6 Å². The molecule has 1 aliphatic heterocycles. The summed E-state index contributed by atoms with van der Waals surface area (Å²) in [5.41, 5.74) is 0. The Morgan fingerprint density at radius 2 is 1.75 bits per heavy atom. The third kappa shape index (κ3) is 6.49. The van der Waals surface area contributed by atoms with Crippen LogP contribution in [0.5, 0.6) is 0 Å². The summed E-state index contributed by atoms with van der Waals surface area (Å²) in [4.78, 5) is 2.67. The van der Waals surface area contributed by atoms with Gasteiger partial charge in [0.2, 0.25) is 0 Å². The highest BCUT2D eigenvalue weighted by molar-refractivity contribution is 4.65. The fourth-order valence-corrected chi connectivity index (χ4v) is 2.60. The van der Waals surface area contributed by atoms with E-state index in [-0.39, 0.29) is 0 Å². The van der Waals surface area contributed by atoms with Crippen LogP contribution in [0.25, 0.3) is 0 Å². The molecule has 1 heterocycles. The van der Waals surface area contributed by atoms with Gasteiger partial charge < -0.3 is 10.2 Å². The summed E-state index contributed by atoms with van der Waals surface area (Å²) in [5.74, 6) is 0. The first kappa shape index (κ1) is 14.0. The average Bonchev–Trinajstić information content (AvgIpc) is 2.53. The van der Waals surface area contributed by atoms with Gasteiger partial charge in [0.15, 0.2) is 0 Å². The van der Waals surface area contributed by atoms with Crippen molar-refractivity contribution in [1.29, 1.82) is 0 Å². The minimum Gasteiger partial charge on any atom is -0.315 e. The molecule has 1 fully saturated rings. The molecule has 96 valence electrons. The summed E-state index contributed by atoms with van der Waals surface area (Å²) in [5, 5.41) is 3.48. The van der Waals surface area contributed by atoms with Gasteiger partial charge in [-0.2, -0.15) is 0 Å². The largest absolute Gasteiger partial charge is 0.315 e. The van der Waals surface area contributed by atoms with E-state index in [4.69, 9.17) is 0 Å². The van der Waals surface area contributed by atoms with E-state index in [1.54, 1.807) is 0 Å². The minimum atomic E-state index is 0.703. The van der Waals surface area contributed by atoms with Crippen molar-refractivity contribution in [3.8, 4) is 0 Å². The van der Waals surface area contributed by atoms with Crippen LogP contribution in [0.1, 0.15) is 58.8 Å². The van der Waals surface area contributed by atoms with Crippen molar-refractivity contribution in [2.75, 3.05) is 26.2 Å². The van der Waals surface area contributed by atoms with Crippen LogP contribution in [0, 0.1) is 0 Å². The van der Waals surface area contributed by atoms with Crippen molar-refractivity contribution >= 4 is 0 Å². The molecule has 0 amide bonds. The van der Waals surface area contributed by atoms with E-state index in [2.05, 4.69) is 24.1 Å². The Balaban J connectivity index is 1.97. The van der Waals surface area contributed by atoms with Crippen LogP contribution in [0.15, 0.2) is 0 Å². The number of nitrogens with one attached hydrogen (secondary N) is 1. The summed E-state index contributed by atoms with van der Waals surface area (Å²) >= 11 is 0. The first-order valence-corrected chi connectivity index (χ1v) is 7.28. The molecule has 0 aliphatic carbocycles. The molecule has 0 radical (unpaired) electrons. The molecule has 1 unspecified atom stereocenters. The van der Waals surface area contributed by atoms with Crippen molar-refractivity contribution in [2.45, 2.75) is 64.8 Å². The van der Waals surface area contributed by atoms with Crippen LogP contribution in [0.3, 0.4) is 0 Å². The van der Waals surface area contributed by atoms with Gasteiger partial charge in [0.25, 0.3) is 0 Å². The van der Waals surface area contributed by atoms with Crippen molar-refractivity contribution in [2.24, 2.45) is 0 Å². The maximum atomic E-state index is 3.48. The molecule has 1 atom stereocenters. The molecule has 0 bridgehead atoms. The zero-order valence-electron chi connectivity index (χ0n) is 11.3. The van der Waals surface area contributed by atoms with E-state index in [0.717, 1.165) is 6.54 Å². The number of likely N-dealkylation sites (tertiary alicyclic amines) is 1. The second-order valence-electron chi connectivity index (χ2n) is 5.21. The Kier molecular flexibility index (Phi) is 7.87. The summed E-state index contributed by atoms with van der Waals surface area (Å²) in [6, 6.07) is 0.703. The van der Waals surface area contributed by atoms with Crippen molar-refractivity contribution in [1.82, 2.24) is 10.2 Å². The van der Waals surface area contributed by atoms with Gasteiger partial charge in [-0.1, -0.05) is 26.2 Å². The van der Waals surface area contributed by atoms with E-state index in [0.29, 0.717) is 6.04 Å². The molecular weight excluding hydrogens is 196 g/mol. The molecule has 16 heavy (non-hydrogen) atoms. The maximum Gasteiger partial charge on any atom is 0.00386 e. The molecule has 0 aromatic carbocycles. The minimum absolute atomic E-state index is 0.703. The second-order valence-corrected chi connectivity index (χ2v) is 5.21. The first-order valence-electron chi connectivity index (χ1n) is 7.28. The molecule has 0 spiro atoms. The van der Waals surface area contributed by atoms with Gasteiger partial charge in [0.1, 0.15) is 0 Å². The SMILES string of the molecule is CCNC(C)CCCCN1CCCCCC1. The fraction of sp³-hybridized carbons (Fsp3) is 1.00. The highest BCUT2D eigenvalue weighted by atomic mass is 15.1. The highest BCUT2D eigenvalue weighted by Crippen LogP contribution is 2.11. The number of rotatable bonds is 7. The van der Waals surface area contributed by atoms with E-state index >= 15 is 0 Å². The topological polar surface area (TPSA) is 15.3 Å². The van der Waals surface area contributed by atoms with Crippen LogP contribution in [0.2, 0.25) is 0 Å². The number of nitrogens with zero attached hydrogens (tertiary/aromatic N) is 1. The number of hydrogen-bond acceptors (Lipinski definition) is 2. The van der Waals surface area contributed by atoms with Crippen LogP contribution in [0.4, 0.5) is 0 Å². The number of hydrogen-bond donors (Lipinski definition) is 1. The Morgan fingerprint density at radius 3 is 2.38 bits per heavy atom. The van der Waals surface area contributed by atoms with E-state index in [1.807, 2.05) is 0 Å². The van der Waals surface area contributed by atoms with Crippen LogP contribution >= 0.6 is 0 Å². The lowest BCUT2D eigenvalue weighted by Crippen LogP contribution is -2.27. The average molecular weight is 226 g/mol. The molecular formula is C14H30N2. The zero-order chi connectivity index (χ0) is 11.6. The molecule has 1 rings (SSSR count). The zero-order valence-corrected chi connectivity index (χ0v) is 11.3. The third-order valence-corrected chi connectivity index (χ3v) is 3.61. The lowest BCUT2D eigenvalue weighted by Gasteiger charge is -2.20. The van der Waals surface area contributed by atoms with Crippen LogP contribution < -0.4 is 5.32 Å². The molecule has 0 aromatic rings. The molecule has 1 N–H and O–H groups in total. The van der Waals surface area contributed by atoms with Crippen molar-refractivity contribution < 1.29 is 0 Å². The van der Waals surface area contributed by atoms with E-state index < -0.39 is 0 Å². The summed E-state index contributed by atoms with van der Waals surface area (Å²) in [6.07, 6.45) is 9.85. The van der Waals surface area contributed by atoms with Gasteiger partial charge in [-0.15, -0.1) is 0 Å². The predicted molar refractivity (Wildman–Crippen MR) is 71.9 cm³/mol. The molecule has 0 aromatic heterocycles. The standard InChI is InChI=1S/C14H30N2/c1-3-15-14(2)10-6-9-13-16-11-7-4-5-8-12-16/h14-15H,3-13H2,1-2H3.